The lowest BCUT2D eigenvalue weighted by molar-refractivity contribution is 0.0924. The van der Waals surface area contributed by atoms with Crippen molar-refractivity contribution in [2.75, 3.05) is 6.61 Å². The van der Waals surface area contributed by atoms with Crippen molar-refractivity contribution >= 4 is 17.5 Å². The molecule has 1 atom stereocenters. The summed E-state index contributed by atoms with van der Waals surface area (Å²) >= 11 is 6.11. The van der Waals surface area contributed by atoms with Gasteiger partial charge in [-0.05, 0) is 48.5 Å². The van der Waals surface area contributed by atoms with Crippen molar-refractivity contribution in [3.63, 3.8) is 0 Å². The second-order valence-corrected chi connectivity index (χ2v) is 6.72. The average molecular weight is 380 g/mol. The van der Waals surface area contributed by atoms with Gasteiger partial charge in [-0.1, -0.05) is 35.9 Å². The smallest absolute Gasteiger partial charge is 0.251 e. The molecule has 0 radical (unpaired) electrons. The molecule has 1 aliphatic heterocycles. The van der Waals surface area contributed by atoms with Gasteiger partial charge in [-0.3, -0.25) is 4.79 Å². The Kier molecular flexibility index (Phi) is 4.99. The maximum Gasteiger partial charge on any atom is 0.251 e. The van der Waals surface area contributed by atoms with Gasteiger partial charge >= 0.3 is 0 Å². The van der Waals surface area contributed by atoms with Crippen LogP contribution in [0.4, 0.5) is 0 Å². The van der Waals surface area contributed by atoms with Gasteiger partial charge in [0.05, 0.1) is 12.6 Å². The van der Waals surface area contributed by atoms with Crippen LogP contribution in [-0.4, -0.2) is 12.5 Å². The van der Waals surface area contributed by atoms with Crippen LogP contribution in [0, 0.1) is 0 Å². The zero-order chi connectivity index (χ0) is 18.6. The minimum atomic E-state index is -0.161. The van der Waals surface area contributed by atoms with Crippen molar-refractivity contribution < 1.29 is 14.3 Å². The Bertz CT molecular complexity index is 959. The Morgan fingerprint density at radius 2 is 1.81 bits per heavy atom. The third-order valence-electron chi connectivity index (χ3n) is 4.39. The Morgan fingerprint density at radius 1 is 1.00 bits per heavy atom. The SMILES string of the molecule is O=C(NC1CCOc2ccc(Cl)cc21)c1cccc(Oc2ccccc2)c1. The van der Waals surface area contributed by atoms with E-state index in [-0.39, 0.29) is 11.9 Å². The van der Waals surface area contributed by atoms with E-state index in [1.807, 2.05) is 54.6 Å². The number of hydrogen-bond donors (Lipinski definition) is 1. The zero-order valence-electron chi connectivity index (χ0n) is 14.5. The summed E-state index contributed by atoms with van der Waals surface area (Å²) in [6.45, 7) is 0.552. The van der Waals surface area contributed by atoms with E-state index in [1.54, 1.807) is 18.2 Å². The van der Waals surface area contributed by atoms with Crippen LogP contribution in [0.5, 0.6) is 17.2 Å². The normalized spacial score (nSPS) is 15.4. The molecule has 4 nitrogen and oxygen atoms in total. The Labute approximate surface area is 162 Å². The van der Waals surface area contributed by atoms with Gasteiger partial charge in [0.25, 0.3) is 5.91 Å². The molecule has 1 heterocycles. The van der Waals surface area contributed by atoms with Gasteiger partial charge in [-0.25, -0.2) is 0 Å². The summed E-state index contributed by atoms with van der Waals surface area (Å²) in [7, 11) is 0. The van der Waals surface area contributed by atoms with E-state index in [4.69, 9.17) is 21.1 Å². The highest BCUT2D eigenvalue weighted by Gasteiger charge is 2.24. The molecule has 1 aliphatic rings. The predicted molar refractivity (Wildman–Crippen MR) is 105 cm³/mol. The molecule has 0 fully saturated rings. The fourth-order valence-corrected chi connectivity index (χ4v) is 3.26. The van der Waals surface area contributed by atoms with Crippen LogP contribution in [0.3, 0.4) is 0 Å². The summed E-state index contributed by atoms with van der Waals surface area (Å²) in [6, 6.07) is 21.9. The van der Waals surface area contributed by atoms with Crippen LogP contribution in [0.15, 0.2) is 72.8 Å². The second kappa shape index (κ2) is 7.72. The number of amides is 1. The first-order valence-corrected chi connectivity index (χ1v) is 9.13. The first-order chi connectivity index (χ1) is 13.2. The van der Waals surface area contributed by atoms with Crippen LogP contribution in [0.25, 0.3) is 0 Å². The van der Waals surface area contributed by atoms with E-state index < -0.39 is 0 Å². The Morgan fingerprint density at radius 3 is 2.67 bits per heavy atom. The third kappa shape index (κ3) is 4.07. The van der Waals surface area contributed by atoms with Gasteiger partial charge in [-0.15, -0.1) is 0 Å². The quantitative estimate of drug-likeness (QED) is 0.661. The van der Waals surface area contributed by atoms with Crippen LogP contribution in [-0.2, 0) is 0 Å². The minimum Gasteiger partial charge on any atom is -0.493 e. The first-order valence-electron chi connectivity index (χ1n) is 8.75. The molecule has 1 unspecified atom stereocenters. The molecule has 3 aromatic rings. The lowest BCUT2D eigenvalue weighted by Gasteiger charge is -2.27. The van der Waals surface area contributed by atoms with E-state index in [0.29, 0.717) is 29.4 Å². The number of benzene rings is 3. The van der Waals surface area contributed by atoms with E-state index >= 15 is 0 Å². The lowest BCUT2D eigenvalue weighted by atomic mass is 10.00. The van der Waals surface area contributed by atoms with Gasteiger partial charge in [0.2, 0.25) is 0 Å². The number of rotatable bonds is 4. The molecule has 0 aromatic heterocycles. The molecule has 27 heavy (non-hydrogen) atoms. The number of carbonyl (C=O) groups is 1. The lowest BCUT2D eigenvalue weighted by Crippen LogP contribution is -2.32. The number of hydrogen-bond acceptors (Lipinski definition) is 3. The van der Waals surface area contributed by atoms with Crippen molar-refractivity contribution in [2.45, 2.75) is 12.5 Å². The van der Waals surface area contributed by atoms with Gasteiger partial charge in [0.15, 0.2) is 0 Å². The van der Waals surface area contributed by atoms with Crippen LogP contribution >= 0.6 is 11.6 Å². The van der Waals surface area contributed by atoms with E-state index in [2.05, 4.69) is 5.32 Å². The molecule has 5 heteroatoms. The number of para-hydroxylation sites is 1. The standard InChI is InChI=1S/C22H18ClNO3/c23-16-9-10-21-19(14-16)20(11-12-26-21)24-22(25)15-5-4-8-18(13-15)27-17-6-2-1-3-7-17/h1-10,13-14,20H,11-12H2,(H,24,25). The predicted octanol–water partition coefficient (Wildman–Crippen LogP) is 5.39. The van der Waals surface area contributed by atoms with E-state index in [0.717, 1.165) is 17.1 Å². The molecule has 0 spiro atoms. The summed E-state index contributed by atoms with van der Waals surface area (Å²) in [6.07, 6.45) is 0.694. The minimum absolute atomic E-state index is 0.140. The number of halogens is 1. The monoisotopic (exact) mass is 379 g/mol. The number of carbonyl (C=O) groups excluding carboxylic acids is 1. The van der Waals surface area contributed by atoms with Crippen LogP contribution < -0.4 is 14.8 Å². The molecule has 0 bridgehead atoms. The second-order valence-electron chi connectivity index (χ2n) is 6.29. The zero-order valence-corrected chi connectivity index (χ0v) is 15.3. The number of fused-ring (bicyclic) bond motifs is 1. The summed E-state index contributed by atoms with van der Waals surface area (Å²) in [5, 5.41) is 3.70. The van der Waals surface area contributed by atoms with Gasteiger partial charge < -0.3 is 14.8 Å². The summed E-state index contributed by atoms with van der Waals surface area (Å²) in [5.74, 6) is 1.94. The fraction of sp³-hybridized carbons (Fsp3) is 0.136. The molecular formula is C22H18ClNO3. The summed E-state index contributed by atoms with van der Waals surface area (Å²) in [4.78, 5) is 12.8. The summed E-state index contributed by atoms with van der Waals surface area (Å²) < 4.78 is 11.5. The third-order valence-corrected chi connectivity index (χ3v) is 4.63. The van der Waals surface area contributed by atoms with Crippen LogP contribution in [0.2, 0.25) is 5.02 Å². The largest absolute Gasteiger partial charge is 0.493 e. The first kappa shape index (κ1) is 17.4. The molecule has 1 amide bonds. The molecule has 3 aromatic carbocycles. The van der Waals surface area contributed by atoms with Crippen molar-refractivity contribution in [2.24, 2.45) is 0 Å². The van der Waals surface area contributed by atoms with Gasteiger partial charge in [0.1, 0.15) is 17.2 Å². The Hall–Kier alpha value is -2.98. The molecule has 0 saturated heterocycles. The summed E-state index contributed by atoms with van der Waals surface area (Å²) in [5.41, 5.74) is 1.44. The fourth-order valence-electron chi connectivity index (χ4n) is 3.08. The molecule has 1 N–H and O–H groups in total. The van der Waals surface area contributed by atoms with Crippen molar-refractivity contribution in [1.82, 2.24) is 5.32 Å². The molecule has 0 saturated carbocycles. The maximum atomic E-state index is 12.8. The molecular weight excluding hydrogens is 362 g/mol. The molecule has 0 aliphatic carbocycles. The van der Waals surface area contributed by atoms with Crippen molar-refractivity contribution in [3.05, 3.63) is 88.9 Å². The molecule has 136 valence electrons. The van der Waals surface area contributed by atoms with Gasteiger partial charge in [0, 0.05) is 22.6 Å². The van der Waals surface area contributed by atoms with Gasteiger partial charge in [-0.2, -0.15) is 0 Å². The molecule has 4 rings (SSSR count). The van der Waals surface area contributed by atoms with Crippen molar-refractivity contribution in [1.29, 1.82) is 0 Å². The number of nitrogens with one attached hydrogen (secondary N) is 1. The Balaban J connectivity index is 1.51. The highest BCUT2D eigenvalue weighted by Crippen LogP contribution is 2.34. The number of ether oxygens (including phenoxy) is 2. The maximum absolute atomic E-state index is 12.8. The average Bonchev–Trinajstić information content (AvgIpc) is 2.69. The highest BCUT2D eigenvalue weighted by molar-refractivity contribution is 6.30. The topological polar surface area (TPSA) is 47.6 Å². The van der Waals surface area contributed by atoms with Crippen LogP contribution in [0.1, 0.15) is 28.4 Å². The van der Waals surface area contributed by atoms with Crippen molar-refractivity contribution in [3.8, 4) is 17.2 Å². The van der Waals surface area contributed by atoms with E-state index in [1.165, 1.54) is 0 Å². The highest BCUT2D eigenvalue weighted by atomic mass is 35.5. The van der Waals surface area contributed by atoms with E-state index in [9.17, 15) is 4.79 Å².